The third-order valence-corrected chi connectivity index (χ3v) is 12.7. The largest absolute Gasteiger partial charge is 0.349 e. The summed E-state index contributed by atoms with van der Waals surface area (Å²) in [6.07, 6.45) is 18.1. The number of aliphatic imine (C=N–C) groups is 2. The first kappa shape index (κ1) is 26.4. The van der Waals surface area contributed by atoms with E-state index in [2.05, 4.69) is 12.4 Å². The molecule has 0 bridgehead atoms. The lowest BCUT2D eigenvalue weighted by atomic mass is 9.86. The second kappa shape index (κ2) is 11.7. The predicted molar refractivity (Wildman–Crippen MR) is 142 cm³/mol. The smallest absolute Gasteiger partial charge is 0.156 e. The van der Waals surface area contributed by atoms with E-state index in [-0.39, 0.29) is 47.0 Å². The van der Waals surface area contributed by atoms with Gasteiger partial charge in [-0.25, -0.2) is 8.42 Å². The lowest BCUT2D eigenvalue weighted by Gasteiger charge is -2.33. The Morgan fingerprint density at radius 3 is 1.35 bits per heavy atom. The highest BCUT2D eigenvalue weighted by Crippen LogP contribution is 2.36. The molecule has 6 atom stereocenters. The van der Waals surface area contributed by atoms with Gasteiger partial charge in [-0.1, -0.05) is 0 Å². The van der Waals surface area contributed by atoms with Crippen LogP contribution in [0.15, 0.2) is 9.98 Å². The molecule has 8 nitrogen and oxygen atoms in total. The van der Waals surface area contributed by atoms with E-state index in [1.54, 1.807) is 0 Å². The summed E-state index contributed by atoms with van der Waals surface area (Å²) in [4.78, 5) is 9.78. The standard InChI is InChI=1S/C28H44N2O6S/c31-37(32,23-7-3-21(4-8-23)29-15-19-1-11-25-27(13-19)35-17-33-25)24-9-5-22(6-10-24)30-16-20-2-12-26-28(14-20)36-18-34-26/h15-16,19-28H,1-14,17-18H2. The summed E-state index contributed by atoms with van der Waals surface area (Å²) in [5.74, 6) is 0.921. The summed E-state index contributed by atoms with van der Waals surface area (Å²) in [6, 6.07) is 0.539. The Bertz CT molecular complexity index is 857. The van der Waals surface area contributed by atoms with E-state index in [0.717, 1.165) is 89.9 Å². The number of ether oxygens (including phenoxy) is 4. The van der Waals surface area contributed by atoms with Crippen molar-refractivity contribution in [1.82, 2.24) is 0 Å². The lowest BCUT2D eigenvalue weighted by molar-refractivity contribution is 0.0391. The fraction of sp³-hybridized carbons (Fsp3) is 0.929. The van der Waals surface area contributed by atoms with Gasteiger partial charge in [0.15, 0.2) is 9.84 Å². The van der Waals surface area contributed by atoms with Crippen molar-refractivity contribution in [2.75, 3.05) is 13.6 Å². The fourth-order valence-electron chi connectivity index (χ4n) is 7.50. The molecule has 4 aliphatic carbocycles. The van der Waals surface area contributed by atoms with Crippen molar-refractivity contribution in [3.05, 3.63) is 0 Å². The van der Waals surface area contributed by atoms with E-state index >= 15 is 0 Å². The summed E-state index contributed by atoms with van der Waals surface area (Å²) in [6.45, 7) is 0.861. The van der Waals surface area contributed by atoms with E-state index in [0.29, 0.717) is 25.4 Å². The summed E-state index contributed by atoms with van der Waals surface area (Å²) >= 11 is 0. The molecule has 2 heterocycles. The maximum atomic E-state index is 13.4. The quantitative estimate of drug-likeness (QED) is 0.471. The van der Waals surface area contributed by atoms with Gasteiger partial charge in [0.2, 0.25) is 0 Å². The third kappa shape index (κ3) is 6.16. The second-order valence-electron chi connectivity index (χ2n) is 12.2. The molecule has 9 heteroatoms. The monoisotopic (exact) mass is 536 g/mol. The summed E-state index contributed by atoms with van der Waals surface area (Å²) in [5.41, 5.74) is 0. The molecule has 208 valence electrons. The Labute approximate surface area is 221 Å². The third-order valence-electron chi connectivity index (χ3n) is 9.90. The van der Waals surface area contributed by atoms with Crippen LogP contribution in [-0.4, -0.2) is 81.4 Å². The van der Waals surface area contributed by atoms with Crippen LogP contribution in [0, 0.1) is 11.8 Å². The molecule has 6 fully saturated rings. The van der Waals surface area contributed by atoms with Crippen molar-refractivity contribution in [2.24, 2.45) is 21.8 Å². The number of sulfone groups is 1. The number of fused-ring (bicyclic) bond motifs is 2. The van der Waals surface area contributed by atoms with Gasteiger partial charge in [-0.2, -0.15) is 0 Å². The summed E-state index contributed by atoms with van der Waals surface area (Å²) < 4.78 is 49.5. The molecule has 0 aromatic rings. The van der Waals surface area contributed by atoms with Gasteiger partial charge in [-0.15, -0.1) is 0 Å². The average Bonchev–Trinajstić information content (AvgIpc) is 3.60. The minimum absolute atomic E-state index is 0.188. The van der Waals surface area contributed by atoms with Crippen molar-refractivity contribution < 1.29 is 27.4 Å². The van der Waals surface area contributed by atoms with E-state index < -0.39 is 9.84 Å². The first-order chi connectivity index (χ1) is 18.0. The number of hydrogen-bond acceptors (Lipinski definition) is 8. The van der Waals surface area contributed by atoms with Crippen LogP contribution in [0.5, 0.6) is 0 Å². The molecule has 0 aromatic heterocycles. The Hall–Kier alpha value is -0.870. The Kier molecular flexibility index (Phi) is 8.34. The normalized spacial score (nSPS) is 45.3. The van der Waals surface area contributed by atoms with Crippen LogP contribution in [0.4, 0.5) is 0 Å². The molecule has 37 heavy (non-hydrogen) atoms. The maximum absolute atomic E-state index is 13.4. The van der Waals surface area contributed by atoms with Gasteiger partial charge in [0.25, 0.3) is 0 Å². The van der Waals surface area contributed by atoms with E-state index in [1.807, 2.05) is 0 Å². The van der Waals surface area contributed by atoms with Crippen LogP contribution in [0.3, 0.4) is 0 Å². The van der Waals surface area contributed by atoms with Crippen molar-refractivity contribution in [1.29, 1.82) is 0 Å². The topological polar surface area (TPSA) is 95.8 Å². The molecule has 0 amide bonds. The first-order valence-corrected chi connectivity index (χ1v) is 16.4. The Morgan fingerprint density at radius 1 is 0.514 bits per heavy atom. The van der Waals surface area contributed by atoms with Crippen LogP contribution in [0.1, 0.15) is 89.9 Å². The molecule has 0 spiro atoms. The van der Waals surface area contributed by atoms with Gasteiger partial charge in [0, 0.05) is 24.5 Å². The van der Waals surface area contributed by atoms with Crippen LogP contribution in [0.25, 0.3) is 0 Å². The van der Waals surface area contributed by atoms with Crippen molar-refractivity contribution in [3.8, 4) is 0 Å². The molecule has 6 rings (SSSR count). The highest BCUT2D eigenvalue weighted by molar-refractivity contribution is 7.92. The van der Waals surface area contributed by atoms with Gasteiger partial charge >= 0.3 is 0 Å². The molecule has 6 unspecified atom stereocenters. The highest BCUT2D eigenvalue weighted by atomic mass is 32.2. The van der Waals surface area contributed by atoms with Crippen molar-refractivity contribution in [3.63, 3.8) is 0 Å². The first-order valence-electron chi connectivity index (χ1n) is 14.8. The summed E-state index contributed by atoms with van der Waals surface area (Å²) in [7, 11) is -3.09. The van der Waals surface area contributed by atoms with Crippen LogP contribution in [-0.2, 0) is 28.8 Å². The number of hydrogen-bond donors (Lipinski definition) is 0. The minimum Gasteiger partial charge on any atom is -0.349 e. The molecule has 6 aliphatic rings. The molecule has 2 aliphatic heterocycles. The predicted octanol–water partition coefficient (Wildman–Crippen LogP) is 4.25. The van der Waals surface area contributed by atoms with Gasteiger partial charge in [0.1, 0.15) is 13.6 Å². The maximum Gasteiger partial charge on any atom is 0.156 e. The van der Waals surface area contributed by atoms with Gasteiger partial charge in [0.05, 0.1) is 34.9 Å². The zero-order valence-electron chi connectivity index (χ0n) is 22.0. The molecule has 4 saturated carbocycles. The van der Waals surface area contributed by atoms with Crippen molar-refractivity contribution >= 4 is 22.3 Å². The molecule has 0 radical (unpaired) electrons. The number of rotatable bonds is 6. The molecule has 0 N–H and O–H groups in total. The molecular weight excluding hydrogens is 492 g/mol. The molecule has 0 aromatic carbocycles. The van der Waals surface area contributed by atoms with Gasteiger partial charge in [-0.05, 0) is 102 Å². The molecular formula is C28H44N2O6S. The molecule has 2 saturated heterocycles. The van der Waals surface area contributed by atoms with Gasteiger partial charge in [-0.3, -0.25) is 9.98 Å². The van der Waals surface area contributed by atoms with Crippen LogP contribution >= 0.6 is 0 Å². The lowest BCUT2D eigenvalue weighted by Crippen LogP contribution is -2.38. The minimum atomic E-state index is -3.09. The zero-order valence-corrected chi connectivity index (χ0v) is 22.8. The second-order valence-corrected chi connectivity index (χ2v) is 14.8. The van der Waals surface area contributed by atoms with E-state index in [4.69, 9.17) is 28.9 Å². The van der Waals surface area contributed by atoms with Crippen molar-refractivity contribution in [2.45, 2.75) is 137 Å². The fourth-order valence-corrected chi connectivity index (χ4v) is 9.90. The van der Waals surface area contributed by atoms with E-state index in [9.17, 15) is 8.42 Å². The van der Waals surface area contributed by atoms with E-state index in [1.165, 1.54) is 0 Å². The zero-order chi connectivity index (χ0) is 25.2. The average molecular weight is 537 g/mol. The summed E-state index contributed by atoms with van der Waals surface area (Å²) in [5, 5.41) is -0.375. The SMILES string of the molecule is O=S(=O)(C1CCC(N=CC2CCC3OCOC3C2)CC1)C1CCC(N=CC2CCC3OCOC3C2)CC1. The Balaban J connectivity index is 0.926. The van der Waals surface area contributed by atoms with Crippen LogP contribution in [0.2, 0.25) is 0 Å². The Morgan fingerprint density at radius 2 is 0.919 bits per heavy atom. The van der Waals surface area contributed by atoms with Crippen LogP contribution < -0.4 is 0 Å². The highest BCUT2D eigenvalue weighted by Gasteiger charge is 2.39. The van der Waals surface area contributed by atoms with Gasteiger partial charge < -0.3 is 18.9 Å². The number of nitrogens with zero attached hydrogens (tertiary/aromatic N) is 2.